The van der Waals surface area contributed by atoms with E-state index in [0.717, 1.165) is 107 Å². The predicted molar refractivity (Wildman–Crippen MR) is 630 cm³/mol. The number of hydrogen-bond donors (Lipinski definition) is 16. The Morgan fingerprint density at radius 1 is 0.531 bits per heavy atom. The van der Waals surface area contributed by atoms with Crippen LogP contribution in [-0.4, -0.2) is 287 Å². The second kappa shape index (κ2) is 96.9. The molecule has 5 aliphatic rings. The average molecular weight is 2540 g/mol. The van der Waals surface area contributed by atoms with E-state index in [2.05, 4.69) is 183 Å². The van der Waals surface area contributed by atoms with Gasteiger partial charge in [0.2, 0.25) is 18.2 Å². The van der Waals surface area contributed by atoms with Gasteiger partial charge in [0, 0.05) is 203 Å². The van der Waals surface area contributed by atoms with Crippen LogP contribution in [0.5, 0.6) is 0 Å². The number of aliphatic hydroxyl groups excluding tert-OH is 2. The second-order valence-electron chi connectivity index (χ2n) is 38.8. The minimum absolute atomic E-state index is 0. The zero-order valence-electron chi connectivity index (χ0n) is 90.8. The summed E-state index contributed by atoms with van der Waals surface area (Å²) >= 11 is 6.09. The molecule has 4 fully saturated rings. The standard InChI is InChI=1S/C27H58N4O5Si2.C23H40N6S.C21H40N2O7Si2.C10H21NO4Si.C4H10O2.C4H10.C3H9N.5CH4.2ClH.I2.Mn.H2O4S.H2O2/c1-11-15-28-24(32)30-17-13-19-37(26(5,6)7)34-22(3)21-23(4)35-38(36-37,27(8,9)10)20-14-18-31-25(33)29-16-12-2;24-9-12-30-19-13-17-15-27-22-7-3-1-5-20(22)25-10-11-26-21-6-2-4-8-23(21)28-16-18(14-19)29-17;1-18-15-19(2)27-32(29-21(6,7)8,14-10-12-23-17-25)30-31(26-18,28-20(3,4)5)13-9-11-22-16-24;1-4-13-16(14-5-2,15-6-3)9-7-8-11-10-12;1-3(5)4(2)6;1-3-4-2;1-2-3-4;;;;;;;;1-2;;1-5(2,3)4;1-2/h22-23H,11-21H2,1-10H3,(H2,28,30,32)(H2,29,31,33);13-14,20-23,25-28H,1-12,15-16,24H2;18-19H,9-15H2,1-8H3;4-9H2,1-3H3;3-6H,1-2H3;3-4H2,1-2H3;2-4H2,1H3;5*1H4;2*1H;;;(H2,1,2,3,4);1-2H/q;;;;;;;;;;;;;;;+2;;/p-2/t;20-,21?,22?,23-;;;;;;;;;;;;;;;;/m.1................/s1. The first-order valence-corrected chi connectivity index (χ1v) is 72.4. The summed E-state index contributed by atoms with van der Waals surface area (Å²) in [7, 11) is -9.95. The van der Waals surface area contributed by atoms with Crippen molar-refractivity contribution in [3.63, 3.8) is 0 Å². The molecule has 0 aromatic carbocycles. The summed E-state index contributed by atoms with van der Waals surface area (Å²) in [6, 6.07) is 9.63. The van der Waals surface area contributed by atoms with Gasteiger partial charge in [0.1, 0.15) is 0 Å². The molecule has 12 unspecified atom stereocenters. The van der Waals surface area contributed by atoms with Crippen molar-refractivity contribution < 1.29 is 123 Å². The number of hydrogen-bond acceptors (Lipinski definition) is 33. The van der Waals surface area contributed by atoms with E-state index in [9.17, 15) is 24.0 Å². The van der Waals surface area contributed by atoms with Crippen LogP contribution in [0.25, 0.3) is 0 Å². The van der Waals surface area contributed by atoms with Crippen LogP contribution in [0.3, 0.4) is 0 Å². The number of nitrogens with one attached hydrogen (secondary N) is 8. The fourth-order valence-electron chi connectivity index (χ4n) is 15.2. The summed E-state index contributed by atoms with van der Waals surface area (Å²) in [4.78, 5) is 72.3. The zero-order valence-corrected chi connectivity index (χ0v) is 104. The summed E-state index contributed by atoms with van der Waals surface area (Å²) < 4.78 is 103. The van der Waals surface area contributed by atoms with Gasteiger partial charge < -0.3 is 112 Å². The van der Waals surface area contributed by atoms with E-state index in [4.69, 9.17) is 123 Å². The quantitative estimate of drug-likeness (QED) is 0.00336. The van der Waals surface area contributed by atoms with Gasteiger partial charge in [0.15, 0.2) is 0 Å². The van der Waals surface area contributed by atoms with Crippen LogP contribution < -0.4 is 54.0 Å². The Labute approximate surface area is 939 Å². The van der Waals surface area contributed by atoms with E-state index >= 15 is 0 Å². The molecule has 50 heteroatoms. The van der Waals surface area contributed by atoms with Crippen LogP contribution in [0.4, 0.5) is 9.59 Å². The van der Waals surface area contributed by atoms with Gasteiger partial charge in [0.05, 0.1) is 54.4 Å². The first-order chi connectivity index (χ1) is 66.8. The van der Waals surface area contributed by atoms with Crippen molar-refractivity contribution in [3.8, 4) is 0 Å². The van der Waals surface area contributed by atoms with E-state index in [1.54, 1.807) is 26.0 Å². The van der Waals surface area contributed by atoms with E-state index in [-0.39, 0.29) is 96.8 Å². The molecular weight excluding hydrogens is 2330 g/mol. The molecule has 0 radical (unpaired) electrons. The number of nitrogens with zero attached hydrogens (tertiary/aromatic N) is 4. The Bertz CT molecular complexity index is 3380. The van der Waals surface area contributed by atoms with Crippen molar-refractivity contribution in [1.29, 1.82) is 0 Å². The molecule has 3 aliphatic heterocycles. The first kappa shape index (κ1) is 166. The molecule has 4 heterocycles. The molecule has 1 aromatic rings. The van der Waals surface area contributed by atoms with Crippen molar-refractivity contribution in [2.75, 3.05) is 97.6 Å². The molecule has 18 N–H and O–H groups in total. The molecule has 0 spiro atoms. The number of thioether (sulfide) groups is 1. The van der Waals surface area contributed by atoms with Crippen LogP contribution in [0.15, 0.2) is 32.0 Å². The van der Waals surface area contributed by atoms with Gasteiger partial charge >= 0.3 is 99.3 Å². The fraction of sp³-hybridized carbons (Fsp3) is 0.897. The van der Waals surface area contributed by atoms with E-state index in [0.29, 0.717) is 134 Å². The number of aromatic nitrogens is 1. The third kappa shape index (κ3) is 84.7. The summed E-state index contributed by atoms with van der Waals surface area (Å²) in [6.07, 6.45) is 24.0. The van der Waals surface area contributed by atoms with E-state index < -0.39 is 77.3 Å². The molecule has 4 amide bonds. The maximum absolute atomic E-state index is 12.1. The molecule has 38 nitrogen and oxygen atoms in total. The van der Waals surface area contributed by atoms with Gasteiger partial charge in [-0.1, -0.05) is 152 Å². The number of aliphatic hydroxyl groups is 2. The number of aliphatic imine (C=N–C) groups is 3. The number of carbonyl (C=O) groups is 2. The Morgan fingerprint density at radius 3 is 1.11 bits per heavy atom. The van der Waals surface area contributed by atoms with Crippen molar-refractivity contribution in [1.82, 2.24) is 47.5 Å². The summed E-state index contributed by atoms with van der Waals surface area (Å²) in [5.74, 6) is 0.951. The molecule has 881 valence electrons. The van der Waals surface area contributed by atoms with Gasteiger partial charge in [-0.2, -0.15) is 8.42 Å². The third-order valence-corrected chi connectivity index (χ3v) is 44.4. The van der Waals surface area contributed by atoms with Gasteiger partial charge in [0.25, 0.3) is 0 Å². The van der Waals surface area contributed by atoms with Crippen LogP contribution in [0, 0.1) is 0 Å². The monoisotopic (exact) mass is 2540 g/mol. The number of pyridine rings is 1. The SMILES string of the molecule is C.C.C.C.C.CC(O)C(C)O.CC1CC(C)O[Si](CCCN=C=O)(OC(C)(C)C)O[Si](CCCN=C=O)(OC(C)(C)C)O1.CCCC.CCCN.CCCNC(=O)NCCC[Si]1(C(C)(C)C)OC(C)CC(C)O[Si](CCCNC(=O)NCCC)(C(C)(C)C)O1.CCO[Si](CCCN=C=O)(OCC)OCC.II.NCCSc1cc2nc(c1)CN[C@@H]1CCCCC1NCCN[C@@H]1CCCCC1NC2.O=S(=O)(O)O.OO.[Cl][Mn][Cl]. The molecule has 6 rings (SSSR count). The number of carbonyl (C=O) groups excluding carboxylic acids is 5. The number of halogens is 4. The van der Waals surface area contributed by atoms with Gasteiger partial charge in [-0.25, -0.2) is 38.9 Å². The zero-order chi connectivity index (χ0) is 110. The number of unbranched alkanes of at least 4 members (excludes halogenated alkanes) is 1. The summed E-state index contributed by atoms with van der Waals surface area (Å²) in [6.45, 7) is 63.2. The van der Waals surface area contributed by atoms with Crippen molar-refractivity contribution >= 4 is 153 Å². The number of nitrogens with two attached hydrogens (primary N) is 2. The second-order valence-corrected chi connectivity index (χ2v) is 59.3. The fourth-order valence-corrected chi connectivity index (χ4v) is 38.0. The van der Waals surface area contributed by atoms with Crippen LogP contribution in [-0.2, 0) is 99.1 Å². The van der Waals surface area contributed by atoms with Gasteiger partial charge in [-0.05, 0) is 225 Å². The number of urea groups is 2. The Hall–Kier alpha value is -1.15. The Kier molecular flexibility index (Phi) is 109. The van der Waals surface area contributed by atoms with Crippen molar-refractivity contribution in [2.45, 2.75) is 476 Å². The maximum atomic E-state index is 12.1. The van der Waals surface area contributed by atoms with Crippen LogP contribution >= 0.6 is 69.2 Å². The van der Waals surface area contributed by atoms with Gasteiger partial charge in [-0.15, -0.1) is 11.8 Å². The molecule has 14 atom stereocenters. The van der Waals surface area contributed by atoms with Crippen LogP contribution in [0.1, 0.15) is 357 Å². The molecule has 147 heavy (non-hydrogen) atoms. The topological polar surface area (TPSA) is 541 Å². The van der Waals surface area contributed by atoms with Crippen molar-refractivity contribution in [2.24, 2.45) is 26.4 Å². The molecule has 2 aliphatic carbocycles. The summed E-state index contributed by atoms with van der Waals surface area (Å²) in [5.41, 5.74) is 12.0. The Morgan fingerprint density at radius 2 is 0.837 bits per heavy atom. The normalized spacial score (nSPS) is 22.7. The third-order valence-electron chi connectivity index (χ3n) is 21.6. The molecule has 2 saturated heterocycles. The molecule has 1 aromatic heterocycles. The molecule has 2 saturated carbocycles. The molecule has 2 bridgehead atoms. The first-order valence-electron chi connectivity index (χ1n) is 50.6. The van der Waals surface area contributed by atoms with Crippen molar-refractivity contribution in [3.05, 3.63) is 23.5 Å². The minimum atomic E-state index is -4.67. The predicted octanol–water partition coefficient (Wildman–Crippen LogP) is 21.6. The number of rotatable bonds is 38. The van der Waals surface area contributed by atoms with E-state index in [1.165, 1.54) is 75.2 Å². The number of amides is 4. The number of isocyanates is 3. The Balaban J connectivity index is -0.000000198. The van der Waals surface area contributed by atoms with Crippen LogP contribution in [0.2, 0.25) is 40.3 Å². The molecular formula is C97H212Cl2I2MnN14O24S2Si5. The number of fused-ring (bicyclic) bond motifs is 4. The summed E-state index contributed by atoms with van der Waals surface area (Å²) in [5, 5.41) is 55.4. The van der Waals surface area contributed by atoms with Gasteiger partial charge in [-0.3, -0.25) is 24.6 Å². The van der Waals surface area contributed by atoms with E-state index in [1.807, 2.05) is 102 Å². The average Bonchev–Trinajstić information content (AvgIpc) is 0.753.